The van der Waals surface area contributed by atoms with Crippen LogP contribution in [-0.4, -0.2) is 23.5 Å². The second kappa shape index (κ2) is 9.53. The predicted octanol–water partition coefficient (Wildman–Crippen LogP) is 5.55. The lowest BCUT2D eigenvalue weighted by Crippen LogP contribution is -2.25. The molecule has 1 N–H and O–H groups in total. The minimum Gasteiger partial charge on any atom is -0.497 e. The van der Waals surface area contributed by atoms with Crippen LogP contribution in [0.2, 0.25) is 0 Å². The zero-order chi connectivity index (χ0) is 21.6. The van der Waals surface area contributed by atoms with Crippen LogP contribution in [-0.2, 0) is 11.2 Å². The van der Waals surface area contributed by atoms with Gasteiger partial charge in [-0.25, -0.2) is 0 Å². The van der Waals surface area contributed by atoms with E-state index in [-0.39, 0.29) is 16.4 Å². The van der Waals surface area contributed by atoms with Crippen molar-refractivity contribution in [2.45, 2.75) is 11.7 Å². The molecule has 0 aliphatic carbocycles. The summed E-state index contributed by atoms with van der Waals surface area (Å²) in [5.41, 5.74) is 3.09. The maximum atomic E-state index is 11.7. The molecule has 156 valence electrons. The van der Waals surface area contributed by atoms with Gasteiger partial charge in [-0.1, -0.05) is 60.3 Å². The van der Waals surface area contributed by atoms with Gasteiger partial charge in [0.15, 0.2) is 0 Å². The summed E-state index contributed by atoms with van der Waals surface area (Å²) < 4.78 is 11.2. The van der Waals surface area contributed by atoms with Gasteiger partial charge in [0.25, 0.3) is 5.24 Å². The first-order chi connectivity index (χ1) is 15.1. The minimum atomic E-state index is -0.367. The lowest BCUT2D eigenvalue weighted by atomic mass is 10.1. The van der Waals surface area contributed by atoms with Crippen LogP contribution in [0, 0.1) is 0 Å². The lowest BCUT2D eigenvalue weighted by Gasteiger charge is -2.09. The number of carbonyl (C=O) groups excluding carboxylic acids is 2. The summed E-state index contributed by atoms with van der Waals surface area (Å²) in [7, 11) is 1.65. The standard InChI is InChI=1S/C25H21NO4S/c1-29-20-11-7-17(8-12-20)5-6-18-3-2-4-22(15-18)30-21-13-9-19(10-14-21)16-23-24(27)26-25(28)31-23/h2-15,23H,16H2,1H3,(H,26,27,28)/b6-5-. The summed E-state index contributed by atoms with van der Waals surface area (Å²) in [5.74, 6) is 2.05. The van der Waals surface area contributed by atoms with E-state index in [1.807, 2.05) is 84.9 Å². The third-order valence-electron chi connectivity index (χ3n) is 4.79. The third-order valence-corrected chi connectivity index (χ3v) is 5.77. The van der Waals surface area contributed by atoms with Gasteiger partial charge in [-0.05, 0) is 59.5 Å². The van der Waals surface area contributed by atoms with Gasteiger partial charge in [0.05, 0.1) is 12.4 Å². The van der Waals surface area contributed by atoms with Gasteiger partial charge >= 0.3 is 0 Å². The van der Waals surface area contributed by atoms with Crippen molar-refractivity contribution in [3.8, 4) is 17.2 Å². The number of carbonyl (C=O) groups is 2. The molecule has 1 saturated heterocycles. The van der Waals surface area contributed by atoms with Crippen molar-refractivity contribution >= 4 is 35.1 Å². The second-order valence-corrected chi connectivity index (χ2v) is 8.19. The minimum absolute atomic E-state index is 0.227. The molecule has 1 unspecified atom stereocenters. The van der Waals surface area contributed by atoms with E-state index in [1.165, 1.54) is 0 Å². The molecule has 0 spiro atoms. The van der Waals surface area contributed by atoms with E-state index < -0.39 is 0 Å². The van der Waals surface area contributed by atoms with Crippen molar-refractivity contribution < 1.29 is 19.1 Å². The van der Waals surface area contributed by atoms with Gasteiger partial charge in [-0.3, -0.25) is 14.9 Å². The van der Waals surface area contributed by atoms with Gasteiger partial charge in [-0.2, -0.15) is 0 Å². The van der Waals surface area contributed by atoms with Crippen molar-refractivity contribution in [1.29, 1.82) is 0 Å². The average Bonchev–Trinajstić information content (AvgIpc) is 3.11. The van der Waals surface area contributed by atoms with Gasteiger partial charge in [-0.15, -0.1) is 0 Å². The molecule has 1 aliphatic heterocycles. The molecule has 6 heteroatoms. The van der Waals surface area contributed by atoms with Gasteiger partial charge in [0.1, 0.15) is 17.2 Å². The van der Waals surface area contributed by atoms with Crippen molar-refractivity contribution in [3.05, 3.63) is 89.5 Å². The summed E-state index contributed by atoms with van der Waals surface area (Å²) in [5, 5.41) is 1.66. The highest BCUT2D eigenvalue weighted by atomic mass is 32.2. The Hall–Kier alpha value is -3.51. The number of amides is 2. The maximum Gasteiger partial charge on any atom is 0.286 e. The molecule has 4 rings (SSSR count). The van der Waals surface area contributed by atoms with Crippen LogP contribution in [0.1, 0.15) is 16.7 Å². The Bertz CT molecular complexity index is 1110. The molecule has 0 radical (unpaired) electrons. The Kier molecular flexibility index (Phi) is 6.38. The SMILES string of the molecule is COc1ccc(/C=C\c2cccc(Oc3ccc(CC4SC(=O)NC4=O)cc3)c2)cc1. The lowest BCUT2D eigenvalue weighted by molar-refractivity contribution is -0.118. The van der Waals surface area contributed by atoms with Crippen molar-refractivity contribution in [2.75, 3.05) is 7.11 Å². The van der Waals surface area contributed by atoms with Gasteiger partial charge < -0.3 is 9.47 Å². The Morgan fingerprint density at radius 1 is 0.871 bits per heavy atom. The molecule has 3 aromatic rings. The summed E-state index contributed by atoms with van der Waals surface area (Å²) >= 11 is 1.04. The molecule has 1 heterocycles. The molecule has 31 heavy (non-hydrogen) atoms. The zero-order valence-corrected chi connectivity index (χ0v) is 17.7. The Labute approximate surface area is 185 Å². The Morgan fingerprint density at radius 3 is 2.26 bits per heavy atom. The first kappa shape index (κ1) is 20.8. The van der Waals surface area contributed by atoms with Crippen LogP contribution < -0.4 is 14.8 Å². The number of imide groups is 1. The van der Waals surface area contributed by atoms with Crippen LogP contribution >= 0.6 is 11.8 Å². The van der Waals surface area contributed by atoms with E-state index in [0.29, 0.717) is 12.2 Å². The van der Waals surface area contributed by atoms with Gasteiger partial charge in [0.2, 0.25) is 5.91 Å². The van der Waals surface area contributed by atoms with E-state index in [0.717, 1.165) is 40.0 Å². The summed E-state index contributed by atoms with van der Waals surface area (Å²) in [6.45, 7) is 0. The van der Waals surface area contributed by atoms with E-state index in [1.54, 1.807) is 7.11 Å². The van der Waals surface area contributed by atoms with Crippen molar-refractivity contribution in [1.82, 2.24) is 5.32 Å². The van der Waals surface area contributed by atoms with Crippen LogP contribution in [0.5, 0.6) is 17.2 Å². The molecule has 2 amide bonds. The fourth-order valence-electron chi connectivity index (χ4n) is 3.16. The number of methoxy groups -OCH3 is 1. The number of hydrogen-bond donors (Lipinski definition) is 1. The molecule has 3 aromatic carbocycles. The summed E-state index contributed by atoms with van der Waals surface area (Å²) in [4.78, 5) is 23.0. The largest absolute Gasteiger partial charge is 0.497 e. The smallest absolute Gasteiger partial charge is 0.286 e. The van der Waals surface area contributed by atoms with E-state index >= 15 is 0 Å². The third kappa shape index (κ3) is 5.55. The molecule has 5 nitrogen and oxygen atoms in total. The molecule has 1 aliphatic rings. The first-order valence-corrected chi connectivity index (χ1v) is 10.7. The first-order valence-electron chi connectivity index (χ1n) is 9.79. The Morgan fingerprint density at radius 2 is 1.58 bits per heavy atom. The van der Waals surface area contributed by atoms with Crippen molar-refractivity contribution in [2.24, 2.45) is 0 Å². The number of nitrogens with one attached hydrogen (secondary N) is 1. The molecule has 0 aromatic heterocycles. The highest BCUT2D eigenvalue weighted by Crippen LogP contribution is 2.26. The summed E-state index contributed by atoms with van der Waals surface area (Å²) in [6.07, 6.45) is 4.58. The number of rotatable bonds is 7. The average molecular weight is 432 g/mol. The molecule has 1 atom stereocenters. The van der Waals surface area contributed by atoms with Gasteiger partial charge in [0, 0.05) is 0 Å². The van der Waals surface area contributed by atoms with Crippen LogP contribution in [0.4, 0.5) is 4.79 Å². The van der Waals surface area contributed by atoms with E-state index in [9.17, 15) is 9.59 Å². The molecular formula is C25H21NO4S. The topological polar surface area (TPSA) is 64.6 Å². The predicted molar refractivity (Wildman–Crippen MR) is 124 cm³/mol. The number of ether oxygens (including phenoxy) is 2. The zero-order valence-electron chi connectivity index (χ0n) is 16.9. The van der Waals surface area contributed by atoms with Crippen LogP contribution in [0.25, 0.3) is 12.2 Å². The van der Waals surface area contributed by atoms with Crippen molar-refractivity contribution in [3.63, 3.8) is 0 Å². The molecule has 0 bridgehead atoms. The fourth-order valence-corrected chi connectivity index (χ4v) is 4.02. The molecular weight excluding hydrogens is 410 g/mol. The van der Waals surface area contributed by atoms with E-state index in [4.69, 9.17) is 9.47 Å². The number of benzene rings is 3. The van der Waals surface area contributed by atoms with E-state index in [2.05, 4.69) is 5.32 Å². The van der Waals surface area contributed by atoms with Crippen LogP contribution in [0.3, 0.4) is 0 Å². The fraction of sp³-hybridized carbons (Fsp3) is 0.120. The highest BCUT2D eigenvalue weighted by Gasteiger charge is 2.31. The quantitative estimate of drug-likeness (QED) is 0.497. The second-order valence-electron chi connectivity index (χ2n) is 7.01. The van der Waals surface area contributed by atoms with Crippen LogP contribution in [0.15, 0.2) is 72.8 Å². The Balaban J connectivity index is 1.38. The highest BCUT2D eigenvalue weighted by molar-refractivity contribution is 8.15. The number of hydrogen-bond acceptors (Lipinski definition) is 5. The molecule has 1 fully saturated rings. The maximum absolute atomic E-state index is 11.7. The normalized spacial score (nSPS) is 15.8. The number of thioether (sulfide) groups is 1. The summed E-state index contributed by atoms with van der Waals surface area (Å²) in [6, 6.07) is 23.3. The molecule has 0 saturated carbocycles. The monoisotopic (exact) mass is 431 g/mol.